The van der Waals surface area contributed by atoms with E-state index in [1.165, 1.54) is 0 Å². The van der Waals surface area contributed by atoms with Gasteiger partial charge in [-0.05, 0) is 63.2 Å². The molecule has 6 nitrogen and oxygen atoms in total. The van der Waals surface area contributed by atoms with Crippen molar-refractivity contribution in [3.8, 4) is 0 Å². The fourth-order valence-corrected chi connectivity index (χ4v) is 4.56. The maximum absolute atomic E-state index is 11.8. The van der Waals surface area contributed by atoms with E-state index >= 15 is 0 Å². The Morgan fingerprint density at radius 1 is 0.667 bits per heavy atom. The molecule has 27 heavy (non-hydrogen) atoms. The van der Waals surface area contributed by atoms with E-state index in [1.54, 1.807) is 0 Å². The molecule has 0 bridgehead atoms. The van der Waals surface area contributed by atoms with Gasteiger partial charge in [0.15, 0.2) is 0 Å². The molecule has 0 N–H and O–H groups in total. The summed E-state index contributed by atoms with van der Waals surface area (Å²) in [6.07, 6.45) is 11.6. The number of unbranched alkanes of at least 4 members (excludes halogenated alkanes) is 2. The SMILES string of the molecule is O=C(CCCCCC(=O)OCC1CCC2OC2C1)OCC1CCC2OC2C1. The summed E-state index contributed by atoms with van der Waals surface area (Å²) in [6.45, 7) is 1.07. The van der Waals surface area contributed by atoms with Crippen LogP contribution in [0.4, 0.5) is 0 Å². The fraction of sp³-hybridized carbons (Fsp3) is 0.905. The van der Waals surface area contributed by atoms with Crippen molar-refractivity contribution in [2.24, 2.45) is 11.8 Å². The zero-order chi connectivity index (χ0) is 18.6. The number of rotatable bonds is 10. The van der Waals surface area contributed by atoms with Crippen molar-refractivity contribution < 1.29 is 28.5 Å². The van der Waals surface area contributed by atoms with E-state index in [4.69, 9.17) is 18.9 Å². The second-order valence-electron chi connectivity index (χ2n) is 8.71. The van der Waals surface area contributed by atoms with Crippen LogP contribution in [0.2, 0.25) is 0 Å². The molecule has 4 fully saturated rings. The van der Waals surface area contributed by atoms with Crippen molar-refractivity contribution >= 4 is 11.9 Å². The zero-order valence-corrected chi connectivity index (χ0v) is 16.1. The average molecular weight is 380 g/mol. The Hall–Kier alpha value is -1.14. The third-order valence-electron chi connectivity index (χ3n) is 6.45. The van der Waals surface area contributed by atoms with Crippen LogP contribution in [0.5, 0.6) is 0 Å². The van der Waals surface area contributed by atoms with Gasteiger partial charge in [-0.25, -0.2) is 0 Å². The van der Waals surface area contributed by atoms with Crippen molar-refractivity contribution in [3.05, 3.63) is 0 Å². The molecule has 6 unspecified atom stereocenters. The molecule has 2 aliphatic heterocycles. The van der Waals surface area contributed by atoms with Gasteiger partial charge in [0.2, 0.25) is 0 Å². The maximum Gasteiger partial charge on any atom is 0.305 e. The Morgan fingerprint density at radius 2 is 1.15 bits per heavy atom. The van der Waals surface area contributed by atoms with Gasteiger partial charge in [0.05, 0.1) is 37.6 Å². The molecule has 4 rings (SSSR count). The fourth-order valence-electron chi connectivity index (χ4n) is 4.56. The van der Waals surface area contributed by atoms with Crippen molar-refractivity contribution in [3.63, 3.8) is 0 Å². The standard InChI is InChI=1S/C21H32O6/c22-20(24-12-14-6-8-16-18(10-14)26-16)4-2-1-3-5-21(23)25-13-15-7-9-17-19(11-15)27-17/h14-19H,1-13H2. The van der Waals surface area contributed by atoms with Gasteiger partial charge < -0.3 is 18.9 Å². The summed E-state index contributed by atoms with van der Waals surface area (Å²) in [5.41, 5.74) is 0. The molecule has 4 aliphatic rings. The van der Waals surface area contributed by atoms with Gasteiger partial charge in [0.1, 0.15) is 0 Å². The predicted octanol–water partition coefficient (Wildman–Crippen LogP) is 3.16. The third kappa shape index (κ3) is 5.92. The molecule has 0 radical (unpaired) electrons. The summed E-state index contributed by atoms with van der Waals surface area (Å²) < 4.78 is 21.8. The highest BCUT2D eigenvalue weighted by molar-refractivity contribution is 5.69. The van der Waals surface area contributed by atoms with E-state index in [2.05, 4.69) is 0 Å². The van der Waals surface area contributed by atoms with Crippen molar-refractivity contribution in [2.45, 2.75) is 95.0 Å². The molecule has 2 saturated heterocycles. The first-order valence-corrected chi connectivity index (χ1v) is 10.8. The minimum absolute atomic E-state index is 0.116. The third-order valence-corrected chi connectivity index (χ3v) is 6.45. The lowest BCUT2D eigenvalue weighted by molar-refractivity contribution is -0.145. The van der Waals surface area contributed by atoms with Crippen LogP contribution in [0, 0.1) is 11.8 Å². The molecule has 0 aromatic rings. The molecule has 0 aromatic heterocycles. The average Bonchev–Trinajstić information content (AvgIpc) is 3.58. The summed E-state index contributed by atoms with van der Waals surface area (Å²) in [5, 5.41) is 0. The minimum Gasteiger partial charge on any atom is -0.465 e. The lowest BCUT2D eigenvalue weighted by Gasteiger charge is -2.18. The van der Waals surface area contributed by atoms with E-state index in [9.17, 15) is 9.59 Å². The molecular formula is C21H32O6. The number of carbonyl (C=O) groups is 2. The largest absolute Gasteiger partial charge is 0.465 e. The molecule has 6 atom stereocenters. The smallest absolute Gasteiger partial charge is 0.305 e. The van der Waals surface area contributed by atoms with Gasteiger partial charge >= 0.3 is 11.9 Å². The second kappa shape index (κ2) is 8.91. The summed E-state index contributed by atoms with van der Waals surface area (Å²) in [7, 11) is 0. The molecule has 2 saturated carbocycles. The first-order chi connectivity index (χ1) is 13.2. The van der Waals surface area contributed by atoms with E-state index in [1.807, 2.05) is 0 Å². The van der Waals surface area contributed by atoms with Gasteiger partial charge in [-0.15, -0.1) is 0 Å². The lowest BCUT2D eigenvalue weighted by atomic mass is 9.90. The van der Waals surface area contributed by atoms with Crippen LogP contribution < -0.4 is 0 Å². The Bertz CT molecular complexity index is 489. The van der Waals surface area contributed by atoms with Crippen LogP contribution in [0.3, 0.4) is 0 Å². The molecule has 0 spiro atoms. The highest BCUT2D eigenvalue weighted by Crippen LogP contribution is 2.40. The molecule has 2 heterocycles. The van der Waals surface area contributed by atoms with Crippen molar-refractivity contribution in [1.29, 1.82) is 0 Å². The molecule has 0 amide bonds. The van der Waals surface area contributed by atoms with Gasteiger partial charge in [-0.2, -0.15) is 0 Å². The van der Waals surface area contributed by atoms with Crippen LogP contribution in [0.1, 0.15) is 70.6 Å². The topological polar surface area (TPSA) is 77.7 Å². The van der Waals surface area contributed by atoms with Crippen LogP contribution >= 0.6 is 0 Å². The highest BCUT2D eigenvalue weighted by atomic mass is 16.6. The number of fused-ring (bicyclic) bond motifs is 2. The number of carbonyl (C=O) groups excluding carboxylic acids is 2. The first kappa shape index (κ1) is 19.2. The Kier molecular flexibility index (Phi) is 6.33. The highest BCUT2D eigenvalue weighted by Gasteiger charge is 2.44. The number of hydrogen-bond donors (Lipinski definition) is 0. The van der Waals surface area contributed by atoms with Gasteiger partial charge in [-0.3, -0.25) is 9.59 Å². The molecular weight excluding hydrogens is 348 g/mol. The first-order valence-electron chi connectivity index (χ1n) is 10.8. The van der Waals surface area contributed by atoms with Crippen LogP contribution in [-0.4, -0.2) is 49.6 Å². The van der Waals surface area contributed by atoms with Gasteiger partial charge in [-0.1, -0.05) is 6.42 Å². The Morgan fingerprint density at radius 3 is 1.59 bits per heavy atom. The second-order valence-corrected chi connectivity index (χ2v) is 8.71. The number of esters is 2. The molecule has 2 aliphatic carbocycles. The summed E-state index contributed by atoms with van der Waals surface area (Å²) in [5.74, 6) is 0.701. The van der Waals surface area contributed by atoms with Crippen LogP contribution in [0.15, 0.2) is 0 Å². The minimum atomic E-state index is -0.116. The van der Waals surface area contributed by atoms with Gasteiger partial charge in [0.25, 0.3) is 0 Å². The normalized spacial score (nSPS) is 36.3. The lowest BCUT2D eigenvalue weighted by Crippen LogP contribution is -2.20. The van der Waals surface area contributed by atoms with E-state index in [-0.39, 0.29) is 11.9 Å². The van der Waals surface area contributed by atoms with Crippen LogP contribution in [-0.2, 0) is 28.5 Å². The van der Waals surface area contributed by atoms with Crippen molar-refractivity contribution in [2.75, 3.05) is 13.2 Å². The van der Waals surface area contributed by atoms with Crippen LogP contribution in [0.25, 0.3) is 0 Å². The molecule has 0 aromatic carbocycles. The van der Waals surface area contributed by atoms with E-state index in [0.717, 1.165) is 57.8 Å². The van der Waals surface area contributed by atoms with Crippen molar-refractivity contribution in [1.82, 2.24) is 0 Å². The molecule has 6 heteroatoms. The Labute approximate surface area is 161 Å². The van der Waals surface area contributed by atoms with E-state index < -0.39 is 0 Å². The number of hydrogen-bond acceptors (Lipinski definition) is 6. The summed E-state index contributed by atoms with van der Waals surface area (Å²) in [6, 6.07) is 0. The summed E-state index contributed by atoms with van der Waals surface area (Å²) in [4.78, 5) is 23.7. The van der Waals surface area contributed by atoms with Gasteiger partial charge in [0, 0.05) is 12.8 Å². The maximum atomic E-state index is 11.8. The monoisotopic (exact) mass is 380 g/mol. The molecule has 152 valence electrons. The number of ether oxygens (including phenoxy) is 4. The zero-order valence-electron chi connectivity index (χ0n) is 16.1. The van der Waals surface area contributed by atoms with E-state index in [0.29, 0.717) is 62.3 Å². The quantitative estimate of drug-likeness (QED) is 0.329. The number of epoxide rings is 2. The summed E-state index contributed by atoms with van der Waals surface area (Å²) >= 11 is 0. The Balaban J connectivity index is 0.967. The predicted molar refractivity (Wildman–Crippen MR) is 97.0 cm³/mol.